The van der Waals surface area contributed by atoms with Gasteiger partial charge in [-0.25, -0.2) is 9.59 Å². The quantitative estimate of drug-likeness (QED) is 0.393. The second kappa shape index (κ2) is 14.2. The lowest BCUT2D eigenvalue weighted by atomic mass is 10.0. The molecule has 2 aromatic rings. The predicted molar refractivity (Wildman–Crippen MR) is 145 cm³/mol. The molecular weight excluding hydrogens is 520 g/mol. The van der Waals surface area contributed by atoms with Crippen molar-refractivity contribution < 1.29 is 28.5 Å². The molecule has 12 heteroatoms. The number of nitrogens with zero attached hydrogens (tertiary/aromatic N) is 2. The molecular formula is C28H38N4O8. The highest BCUT2D eigenvalue weighted by Crippen LogP contribution is 2.30. The molecule has 0 spiro atoms. The van der Waals surface area contributed by atoms with E-state index in [2.05, 4.69) is 27.3 Å². The summed E-state index contributed by atoms with van der Waals surface area (Å²) in [5.74, 6) is -0.530. The minimum absolute atomic E-state index is 0.145. The van der Waals surface area contributed by atoms with Crippen LogP contribution in [0.15, 0.2) is 46.1 Å². The highest BCUT2D eigenvalue weighted by Gasteiger charge is 2.40. The van der Waals surface area contributed by atoms with Crippen molar-refractivity contribution in [3.63, 3.8) is 0 Å². The summed E-state index contributed by atoms with van der Waals surface area (Å²) >= 11 is 0. The monoisotopic (exact) mass is 558 g/mol. The van der Waals surface area contributed by atoms with Crippen molar-refractivity contribution in [1.29, 1.82) is 0 Å². The molecule has 3 heterocycles. The van der Waals surface area contributed by atoms with Gasteiger partial charge in [0.15, 0.2) is 0 Å². The molecule has 4 atom stereocenters. The summed E-state index contributed by atoms with van der Waals surface area (Å²) in [7, 11) is 0. The van der Waals surface area contributed by atoms with Crippen LogP contribution in [-0.2, 0) is 30.3 Å². The Kier molecular flexibility index (Phi) is 10.5. The number of carbonyl (C=O) groups excluding carboxylic acids is 2. The number of aryl methyl sites for hydroxylation is 1. The molecule has 0 saturated carbocycles. The number of hydrogen-bond acceptors (Lipinski definition) is 10. The van der Waals surface area contributed by atoms with Gasteiger partial charge in [0.05, 0.1) is 0 Å². The van der Waals surface area contributed by atoms with E-state index in [0.29, 0.717) is 18.2 Å². The van der Waals surface area contributed by atoms with Gasteiger partial charge in [-0.05, 0) is 31.9 Å². The van der Waals surface area contributed by atoms with Crippen LogP contribution in [-0.4, -0.2) is 77.7 Å². The first-order valence-electron chi connectivity index (χ1n) is 13.7. The largest absolute Gasteiger partial charge is 0.508 e. The molecule has 2 N–H and O–H groups in total. The van der Waals surface area contributed by atoms with E-state index in [0.717, 1.165) is 26.1 Å². The molecule has 218 valence electrons. The van der Waals surface area contributed by atoms with E-state index in [4.69, 9.17) is 18.9 Å². The Morgan fingerprint density at radius 2 is 1.95 bits per heavy atom. The van der Waals surface area contributed by atoms with Crippen molar-refractivity contribution >= 4 is 12.1 Å². The first-order chi connectivity index (χ1) is 19.3. The minimum Gasteiger partial charge on any atom is -0.459 e. The summed E-state index contributed by atoms with van der Waals surface area (Å²) in [6.45, 7) is 5.88. The topological polar surface area (TPSA) is 141 Å². The zero-order valence-electron chi connectivity index (χ0n) is 23.0. The molecule has 2 aliphatic rings. The van der Waals surface area contributed by atoms with E-state index in [1.54, 1.807) is 6.92 Å². The summed E-state index contributed by atoms with van der Waals surface area (Å²) in [6, 6.07) is 10.5. The Balaban J connectivity index is 1.29. The van der Waals surface area contributed by atoms with Gasteiger partial charge >= 0.3 is 17.8 Å². The number of H-pyrrole nitrogens is 1. The average molecular weight is 559 g/mol. The van der Waals surface area contributed by atoms with Crippen LogP contribution in [0.3, 0.4) is 0 Å². The van der Waals surface area contributed by atoms with Crippen LogP contribution in [0, 0.1) is 6.92 Å². The standard InChI is InChI=1S/C28H38N4O8/c1-19-15-32(27(35)30-26(19)34)25-14-23(39-20(2)33)24(40-25)18-38-28(36)37-13-12-31(16-21-8-4-3-5-9-21)17-22-10-6-7-11-29-22/h3-5,8-9,15,22-25,29H,6-7,10-14,16-18H2,1-2H3,(H,30,34,35)/t22?,23-,24?,25-/m1/s1. The Hall–Kier alpha value is -3.48. The van der Waals surface area contributed by atoms with Crippen LogP contribution >= 0.6 is 0 Å². The fourth-order valence-corrected chi connectivity index (χ4v) is 5.08. The molecule has 0 aliphatic carbocycles. The maximum atomic E-state index is 12.4. The predicted octanol–water partition coefficient (Wildman–Crippen LogP) is 1.86. The number of nitrogens with one attached hydrogen (secondary N) is 2. The molecule has 4 rings (SSSR count). The molecule has 2 unspecified atom stereocenters. The minimum atomic E-state index is -0.860. The lowest BCUT2D eigenvalue weighted by Crippen LogP contribution is -2.44. The summed E-state index contributed by atoms with van der Waals surface area (Å²) in [5.41, 5.74) is 0.376. The van der Waals surface area contributed by atoms with E-state index in [1.165, 1.54) is 36.1 Å². The fourth-order valence-electron chi connectivity index (χ4n) is 5.08. The molecule has 0 bridgehead atoms. The molecule has 12 nitrogen and oxygen atoms in total. The summed E-state index contributed by atoms with van der Waals surface area (Å²) in [6.07, 6.45) is 1.81. The molecule has 2 saturated heterocycles. The van der Waals surface area contributed by atoms with Gasteiger partial charge in [0, 0.05) is 50.8 Å². The Morgan fingerprint density at radius 3 is 2.67 bits per heavy atom. The first-order valence-corrected chi connectivity index (χ1v) is 13.7. The number of esters is 1. The Labute approximate surface area is 232 Å². The highest BCUT2D eigenvalue weighted by molar-refractivity contribution is 5.66. The maximum Gasteiger partial charge on any atom is 0.508 e. The lowest BCUT2D eigenvalue weighted by Gasteiger charge is -2.30. The number of ether oxygens (including phenoxy) is 4. The van der Waals surface area contributed by atoms with Crippen molar-refractivity contribution in [2.75, 3.05) is 32.8 Å². The van der Waals surface area contributed by atoms with E-state index in [1.807, 2.05) is 18.2 Å². The van der Waals surface area contributed by atoms with Crippen LogP contribution in [0.25, 0.3) is 0 Å². The average Bonchev–Trinajstić information content (AvgIpc) is 3.32. The van der Waals surface area contributed by atoms with Gasteiger partial charge in [-0.15, -0.1) is 0 Å². The van der Waals surface area contributed by atoms with Crippen molar-refractivity contribution in [2.24, 2.45) is 0 Å². The zero-order valence-corrected chi connectivity index (χ0v) is 23.0. The molecule has 2 aliphatic heterocycles. The first kappa shape index (κ1) is 29.5. The number of rotatable bonds is 11. The highest BCUT2D eigenvalue weighted by atomic mass is 16.7. The Bertz CT molecular complexity index is 1240. The normalized spacial score (nSPS) is 22.7. The fraction of sp³-hybridized carbons (Fsp3) is 0.571. The van der Waals surface area contributed by atoms with E-state index in [9.17, 15) is 19.2 Å². The van der Waals surface area contributed by atoms with Crippen molar-refractivity contribution in [1.82, 2.24) is 19.8 Å². The smallest absolute Gasteiger partial charge is 0.459 e. The van der Waals surface area contributed by atoms with Crippen LogP contribution in [0.4, 0.5) is 4.79 Å². The number of aromatic amines is 1. The van der Waals surface area contributed by atoms with Gasteiger partial charge in [-0.3, -0.25) is 24.0 Å². The SMILES string of the molecule is CC(=O)O[C@@H]1C[C@H](n2cc(C)c(=O)[nH]c2=O)OC1COC(=O)OCCN(Cc1ccccc1)CC1CCCCN1. The number of piperidine rings is 1. The molecule has 1 aromatic carbocycles. The van der Waals surface area contributed by atoms with Crippen LogP contribution in [0.1, 0.15) is 50.0 Å². The van der Waals surface area contributed by atoms with Crippen LogP contribution in [0.2, 0.25) is 0 Å². The van der Waals surface area contributed by atoms with Crippen molar-refractivity contribution in [3.8, 4) is 0 Å². The number of hydrogen-bond donors (Lipinski definition) is 2. The van der Waals surface area contributed by atoms with Gasteiger partial charge in [-0.2, -0.15) is 0 Å². The van der Waals surface area contributed by atoms with E-state index in [-0.39, 0.29) is 19.6 Å². The molecule has 0 radical (unpaired) electrons. The van der Waals surface area contributed by atoms with Gasteiger partial charge in [0.2, 0.25) is 0 Å². The second-order valence-corrected chi connectivity index (χ2v) is 10.3. The van der Waals surface area contributed by atoms with Gasteiger partial charge < -0.3 is 24.3 Å². The van der Waals surface area contributed by atoms with Crippen LogP contribution < -0.4 is 16.6 Å². The van der Waals surface area contributed by atoms with Gasteiger partial charge in [0.1, 0.15) is 31.6 Å². The van der Waals surface area contributed by atoms with Crippen LogP contribution in [0.5, 0.6) is 0 Å². The summed E-state index contributed by atoms with van der Waals surface area (Å²) in [5, 5.41) is 3.57. The summed E-state index contributed by atoms with van der Waals surface area (Å²) < 4.78 is 23.1. The third-order valence-corrected chi connectivity index (χ3v) is 7.09. The Morgan fingerprint density at radius 1 is 1.15 bits per heavy atom. The number of carbonyl (C=O) groups is 2. The third kappa shape index (κ3) is 8.51. The third-order valence-electron chi connectivity index (χ3n) is 7.09. The second-order valence-electron chi connectivity index (χ2n) is 10.3. The van der Waals surface area contributed by atoms with E-state index >= 15 is 0 Å². The van der Waals surface area contributed by atoms with Gasteiger partial charge in [0.25, 0.3) is 5.56 Å². The molecule has 2 fully saturated rings. The van der Waals surface area contributed by atoms with Crippen molar-refractivity contribution in [3.05, 3.63) is 68.5 Å². The lowest BCUT2D eigenvalue weighted by molar-refractivity contribution is -0.150. The zero-order chi connectivity index (χ0) is 28.5. The van der Waals surface area contributed by atoms with E-state index < -0.39 is 41.8 Å². The molecule has 0 amide bonds. The maximum absolute atomic E-state index is 12.4. The summed E-state index contributed by atoms with van der Waals surface area (Å²) in [4.78, 5) is 52.6. The molecule has 40 heavy (non-hydrogen) atoms. The van der Waals surface area contributed by atoms with Crippen molar-refractivity contribution in [2.45, 2.75) is 70.6 Å². The number of aromatic nitrogens is 2. The van der Waals surface area contributed by atoms with Gasteiger partial charge in [-0.1, -0.05) is 36.8 Å². The molecule has 1 aromatic heterocycles. The number of benzene rings is 1.